The smallest absolute Gasteiger partial charge is 0.0184 e. The molecule has 0 bridgehead atoms. The van der Waals surface area contributed by atoms with Crippen LogP contribution in [0.2, 0.25) is 0 Å². The molecule has 0 radical (unpaired) electrons. The lowest BCUT2D eigenvalue weighted by molar-refractivity contribution is 0.623. The lowest BCUT2D eigenvalue weighted by atomic mass is 9.96. The van der Waals surface area contributed by atoms with Gasteiger partial charge in [-0.25, -0.2) is 0 Å². The van der Waals surface area contributed by atoms with Crippen molar-refractivity contribution in [1.29, 1.82) is 0 Å². The molecule has 11 heavy (non-hydrogen) atoms. The summed E-state index contributed by atoms with van der Waals surface area (Å²) in [7, 11) is 0. The first-order valence-corrected chi connectivity index (χ1v) is 4.60. The normalized spacial score (nSPS) is 18.2. The Morgan fingerprint density at radius 3 is 2.55 bits per heavy atom. The van der Waals surface area contributed by atoms with Gasteiger partial charge in [-0.05, 0) is 31.3 Å². The fourth-order valence-corrected chi connectivity index (χ4v) is 1.51. The minimum atomic E-state index is 0.770. The van der Waals surface area contributed by atoms with Gasteiger partial charge in [0.2, 0.25) is 0 Å². The zero-order valence-corrected chi connectivity index (χ0v) is 7.99. The molecule has 0 atom stereocenters. The molecule has 0 heterocycles. The Morgan fingerprint density at radius 1 is 1.36 bits per heavy atom. The Balaban J connectivity index is 2.48. The summed E-state index contributed by atoms with van der Waals surface area (Å²) in [4.78, 5) is 0. The Labute approximate surface area is 73.9 Å². The van der Waals surface area contributed by atoms with E-state index in [2.05, 4.69) is 19.9 Å². The highest BCUT2D eigenvalue weighted by Gasteiger charge is 2.05. The van der Waals surface area contributed by atoms with Crippen LogP contribution in [-0.2, 0) is 0 Å². The molecule has 0 aromatic carbocycles. The molecule has 0 aromatic heterocycles. The van der Waals surface area contributed by atoms with Crippen LogP contribution in [0.5, 0.6) is 0 Å². The summed E-state index contributed by atoms with van der Waals surface area (Å²) in [6, 6.07) is 0. The van der Waals surface area contributed by atoms with Gasteiger partial charge in [0.15, 0.2) is 0 Å². The molecule has 0 unspecified atom stereocenters. The summed E-state index contributed by atoms with van der Waals surface area (Å²) < 4.78 is 0. The maximum atomic E-state index is 5.84. The second-order valence-corrected chi connectivity index (χ2v) is 4.02. The van der Waals surface area contributed by atoms with E-state index in [0.717, 1.165) is 23.8 Å². The van der Waals surface area contributed by atoms with Crippen LogP contribution < -0.4 is 0 Å². The standard InChI is InChI=1S/C10H15Cl/c1-8(2)7-9-3-5-10(11)6-4-9/h3,5,8H,4,6-7H2,1-2H3. The fraction of sp³-hybridized carbons (Fsp3) is 0.600. The Bertz CT molecular complexity index is 187. The van der Waals surface area contributed by atoms with E-state index in [9.17, 15) is 0 Å². The number of allylic oxidation sites excluding steroid dienone is 4. The van der Waals surface area contributed by atoms with E-state index in [1.165, 1.54) is 6.42 Å². The molecule has 0 spiro atoms. The quantitative estimate of drug-likeness (QED) is 0.590. The van der Waals surface area contributed by atoms with Gasteiger partial charge in [0.1, 0.15) is 0 Å². The van der Waals surface area contributed by atoms with E-state index < -0.39 is 0 Å². The van der Waals surface area contributed by atoms with Crippen LogP contribution in [0, 0.1) is 5.92 Å². The van der Waals surface area contributed by atoms with Crippen LogP contribution in [0.4, 0.5) is 0 Å². The SMILES string of the molecule is CC(C)CC1=CC=C(Cl)CC1. The lowest BCUT2D eigenvalue weighted by Crippen LogP contribution is -1.95. The van der Waals surface area contributed by atoms with Crippen LogP contribution in [0.15, 0.2) is 22.8 Å². The highest BCUT2D eigenvalue weighted by atomic mass is 35.5. The van der Waals surface area contributed by atoms with E-state index >= 15 is 0 Å². The average Bonchev–Trinajstić information content (AvgIpc) is 1.93. The monoisotopic (exact) mass is 170 g/mol. The largest absolute Gasteiger partial charge is 0.0891 e. The highest BCUT2D eigenvalue weighted by Crippen LogP contribution is 2.24. The second-order valence-electron chi connectivity index (χ2n) is 3.54. The van der Waals surface area contributed by atoms with Crippen molar-refractivity contribution >= 4 is 11.6 Å². The molecule has 1 rings (SSSR count). The van der Waals surface area contributed by atoms with Crippen molar-refractivity contribution in [2.24, 2.45) is 5.92 Å². The molecule has 0 saturated carbocycles. The summed E-state index contributed by atoms with van der Waals surface area (Å²) in [6.45, 7) is 4.50. The molecule has 62 valence electrons. The molecular formula is C10H15Cl. The molecule has 0 aromatic rings. The Kier molecular flexibility index (Phi) is 3.19. The van der Waals surface area contributed by atoms with Crippen LogP contribution >= 0.6 is 11.6 Å². The molecule has 1 heteroatoms. The van der Waals surface area contributed by atoms with Crippen molar-refractivity contribution in [3.05, 3.63) is 22.8 Å². The van der Waals surface area contributed by atoms with Crippen LogP contribution in [0.3, 0.4) is 0 Å². The zero-order chi connectivity index (χ0) is 8.27. The maximum Gasteiger partial charge on any atom is 0.0184 e. The van der Waals surface area contributed by atoms with Gasteiger partial charge in [-0.1, -0.05) is 37.1 Å². The summed E-state index contributed by atoms with van der Waals surface area (Å²) in [6.07, 6.45) is 7.63. The number of rotatable bonds is 2. The van der Waals surface area contributed by atoms with Gasteiger partial charge in [-0.3, -0.25) is 0 Å². The Hall–Kier alpha value is -0.230. The summed E-state index contributed by atoms with van der Waals surface area (Å²) >= 11 is 5.84. The van der Waals surface area contributed by atoms with Crippen LogP contribution in [-0.4, -0.2) is 0 Å². The predicted molar refractivity (Wildman–Crippen MR) is 50.7 cm³/mol. The molecule has 0 nitrogen and oxygen atoms in total. The third kappa shape index (κ3) is 3.11. The lowest BCUT2D eigenvalue weighted by Gasteiger charge is -2.12. The highest BCUT2D eigenvalue weighted by molar-refractivity contribution is 6.29. The first-order chi connectivity index (χ1) is 5.18. The minimum absolute atomic E-state index is 0.770. The topological polar surface area (TPSA) is 0 Å². The molecule has 0 N–H and O–H groups in total. The molecule has 0 aliphatic heterocycles. The molecule has 1 aliphatic carbocycles. The fourth-order valence-electron chi connectivity index (χ4n) is 1.35. The number of hydrogen-bond donors (Lipinski definition) is 0. The van der Waals surface area contributed by atoms with E-state index in [1.54, 1.807) is 5.57 Å². The van der Waals surface area contributed by atoms with E-state index in [0.29, 0.717) is 0 Å². The minimum Gasteiger partial charge on any atom is -0.0891 e. The van der Waals surface area contributed by atoms with Crippen molar-refractivity contribution in [3.8, 4) is 0 Å². The average molecular weight is 171 g/mol. The molecule has 0 amide bonds. The van der Waals surface area contributed by atoms with Gasteiger partial charge in [-0.2, -0.15) is 0 Å². The van der Waals surface area contributed by atoms with E-state index in [1.807, 2.05) is 6.08 Å². The molecular weight excluding hydrogens is 156 g/mol. The van der Waals surface area contributed by atoms with Crippen molar-refractivity contribution in [2.45, 2.75) is 33.1 Å². The third-order valence-electron chi connectivity index (χ3n) is 1.86. The van der Waals surface area contributed by atoms with E-state index in [-0.39, 0.29) is 0 Å². The van der Waals surface area contributed by atoms with Gasteiger partial charge in [0, 0.05) is 5.03 Å². The molecule has 0 saturated heterocycles. The van der Waals surface area contributed by atoms with Gasteiger partial charge in [0.25, 0.3) is 0 Å². The summed E-state index contributed by atoms with van der Waals surface area (Å²) in [5.41, 5.74) is 1.55. The number of hydrogen-bond acceptors (Lipinski definition) is 0. The van der Waals surface area contributed by atoms with Gasteiger partial charge in [-0.15, -0.1) is 0 Å². The predicted octanol–water partition coefficient (Wildman–Crippen LogP) is 3.88. The number of halogens is 1. The van der Waals surface area contributed by atoms with E-state index in [4.69, 9.17) is 11.6 Å². The first kappa shape index (κ1) is 8.86. The van der Waals surface area contributed by atoms with Gasteiger partial charge in [0.05, 0.1) is 0 Å². The summed E-state index contributed by atoms with van der Waals surface area (Å²) in [5, 5.41) is 0.998. The van der Waals surface area contributed by atoms with Crippen LogP contribution in [0.25, 0.3) is 0 Å². The summed E-state index contributed by atoms with van der Waals surface area (Å²) in [5.74, 6) is 0.770. The molecule has 0 fully saturated rings. The van der Waals surface area contributed by atoms with Crippen molar-refractivity contribution in [1.82, 2.24) is 0 Å². The zero-order valence-electron chi connectivity index (χ0n) is 7.23. The van der Waals surface area contributed by atoms with Gasteiger partial charge >= 0.3 is 0 Å². The maximum absolute atomic E-state index is 5.84. The third-order valence-corrected chi connectivity index (χ3v) is 2.17. The first-order valence-electron chi connectivity index (χ1n) is 4.22. The van der Waals surface area contributed by atoms with Crippen LogP contribution in [0.1, 0.15) is 33.1 Å². The van der Waals surface area contributed by atoms with Crippen molar-refractivity contribution in [2.75, 3.05) is 0 Å². The van der Waals surface area contributed by atoms with Gasteiger partial charge < -0.3 is 0 Å². The molecule has 1 aliphatic rings. The van der Waals surface area contributed by atoms with Crippen molar-refractivity contribution < 1.29 is 0 Å². The second kappa shape index (κ2) is 3.96. The Morgan fingerprint density at radius 2 is 2.09 bits per heavy atom. The van der Waals surface area contributed by atoms with Crippen molar-refractivity contribution in [3.63, 3.8) is 0 Å².